The SMILES string of the molecule is COC(Cc1c(C)cc(C)cc1C)C(=O)O. The van der Waals surface area contributed by atoms with Crippen LogP contribution in [0.4, 0.5) is 0 Å². The first-order valence-electron chi connectivity index (χ1n) is 5.28. The lowest BCUT2D eigenvalue weighted by Gasteiger charge is -2.15. The Kier molecular flexibility index (Phi) is 4.07. The van der Waals surface area contributed by atoms with Crippen molar-refractivity contribution in [3.8, 4) is 0 Å². The zero-order chi connectivity index (χ0) is 12.3. The zero-order valence-electron chi connectivity index (χ0n) is 10.2. The maximum absolute atomic E-state index is 10.9. The van der Waals surface area contributed by atoms with Crippen molar-refractivity contribution in [2.75, 3.05) is 7.11 Å². The molecule has 0 aliphatic rings. The minimum absolute atomic E-state index is 0.420. The fraction of sp³-hybridized carbons (Fsp3) is 0.462. The highest BCUT2D eigenvalue weighted by Crippen LogP contribution is 2.18. The van der Waals surface area contributed by atoms with Crippen molar-refractivity contribution < 1.29 is 14.6 Å². The molecule has 16 heavy (non-hydrogen) atoms. The first-order valence-corrected chi connectivity index (χ1v) is 5.28. The van der Waals surface area contributed by atoms with Gasteiger partial charge in [0.25, 0.3) is 0 Å². The number of aliphatic carboxylic acids is 1. The summed E-state index contributed by atoms with van der Waals surface area (Å²) in [6, 6.07) is 4.13. The Labute approximate surface area is 96.1 Å². The molecule has 3 heteroatoms. The van der Waals surface area contributed by atoms with Gasteiger partial charge in [-0.05, 0) is 37.5 Å². The monoisotopic (exact) mass is 222 g/mol. The second-order valence-electron chi connectivity index (χ2n) is 4.14. The Morgan fingerprint density at radius 2 is 1.81 bits per heavy atom. The fourth-order valence-electron chi connectivity index (χ4n) is 1.99. The van der Waals surface area contributed by atoms with E-state index in [4.69, 9.17) is 9.84 Å². The smallest absolute Gasteiger partial charge is 0.333 e. The summed E-state index contributed by atoms with van der Waals surface area (Å²) in [5.74, 6) is -0.915. The van der Waals surface area contributed by atoms with Crippen molar-refractivity contribution in [1.29, 1.82) is 0 Å². The summed E-state index contributed by atoms with van der Waals surface area (Å²) < 4.78 is 4.96. The molecule has 0 aromatic heterocycles. The summed E-state index contributed by atoms with van der Waals surface area (Å²) in [5, 5.41) is 8.95. The van der Waals surface area contributed by atoms with Crippen molar-refractivity contribution in [1.82, 2.24) is 0 Å². The summed E-state index contributed by atoms with van der Waals surface area (Å²) in [6.07, 6.45) is -0.343. The van der Waals surface area contributed by atoms with Gasteiger partial charge in [-0.15, -0.1) is 0 Å². The number of ether oxygens (including phenoxy) is 1. The standard InChI is InChI=1S/C13H18O3/c1-8-5-9(2)11(10(3)6-8)7-12(16-4)13(14)15/h5-6,12H,7H2,1-4H3,(H,14,15). The van der Waals surface area contributed by atoms with E-state index in [2.05, 4.69) is 12.1 Å². The summed E-state index contributed by atoms with van der Waals surface area (Å²) in [5.41, 5.74) is 4.52. The van der Waals surface area contributed by atoms with Gasteiger partial charge in [-0.3, -0.25) is 0 Å². The molecule has 1 aromatic rings. The maximum Gasteiger partial charge on any atom is 0.333 e. The van der Waals surface area contributed by atoms with Gasteiger partial charge in [0.15, 0.2) is 6.10 Å². The Balaban J connectivity index is 3.01. The average Bonchev–Trinajstić information content (AvgIpc) is 2.15. The van der Waals surface area contributed by atoms with E-state index in [1.807, 2.05) is 20.8 Å². The van der Waals surface area contributed by atoms with Crippen LogP contribution in [0.1, 0.15) is 22.3 Å². The van der Waals surface area contributed by atoms with Crippen LogP contribution in [-0.4, -0.2) is 24.3 Å². The van der Waals surface area contributed by atoms with Crippen LogP contribution >= 0.6 is 0 Å². The Bertz CT molecular complexity index is 373. The molecule has 0 fully saturated rings. The molecule has 0 aliphatic heterocycles. The number of aryl methyl sites for hydroxylation is 3. The summed E-state index contributed by atoms with van der Waals surface area (Å²) >= 11 is 0. The molecule has 0 amide bonds. The lowest BCUT2D eigenvalue weighted by molar-refractivity contribution is -0.148. The lowest BCUT2D eigenvalue weighted by atomic mass is 9.95. The minimum atomic E-state index is -0.915. The van der Waals surface area contributed by atoms with E-state index in [-0.39, 0.29) is 0 Å². The molecule has 1 N–H and O–H groups in total. The molecule has 88 valence electrons. The van der Waals surface area contributed by atoms with Gasteiger partial charge >= 0.3 is 5.97 Å². The Morgan fingerprint density at radius 3 is 2.19 bits per heavy atom. The molecule has 1 atom stereocenters. The molecule has 3 nitrogen and oxygen atoms in total. The lowest BCUT2D eigenvalue weighted by Crippen LogP contribution is -2.25. The highest BCUT2D eigenvalue weighted by Gasteiger charge is 2.19. The molecule has 0 spiro atoms. The van der Waals surface area contributed by atoms with Gasteiger partial charge in [0, 0.05) is 13.5 Å². The van der Waals surface area contributed by atoms with Crippen molar-refractivity contribution in [2.24, 2.45) is 0 Å². The third-order valence-electron chi connectivity index (χ3n) is 2.79. The van der Waals surface area contributed by atoms with E-state index in [1.54, 1.807) is 0 Å². The largest absolute Gasteiger partial charge is 0.479 e. The minimum Gasteiger partial charge on any atom is -0.479 e. The van der Waals surface area contributed by atoms with E-state index in [9.17, 15) is 4.79 Å². The van der Waals surface area contributed by atoms with Crippen LogP contribution < -0.4 is 0 Å². The number of carboxylic acids is 1. The van der Waals surface area contributed by atoms with Crippen molar-refractivity contribution in [2.45, 2.75) is 33.3 Å². The average molecular weight is 222 g/mol. The molecule has 1 aromatic carbocycles. The molecule has 0 bridgehead atoms. The van der Waals surface area contributed by atoms with Crippen LogP contribution in [0.15, 0.2) is 12.1 Å². The summed E-state index contributed by atoms with van der Waals surface area (Å²) in [4.78, 5) is 10.9. The molecule has 0 saturated heterocycles. The van der Waals surface area contributed by atoms with E-state index in [0.717, 1.165) is 16.7 Å². The molecular formula is C13H18O3. The first-order chi connectivity index (χ1) is 7.45. The van der Waals surface area contributed by atoms with Crippen molar-refractivity contribution in [3.05, 3.63) is 34.4 Å². The van der Waals surface area contributed by atoms with Gasteiger partial charge < -0.3 is 9.84 Å². The second kappa shape index (κ2) is 5.12. The maximum atomic E-state index is 10.9. The van der Waals surface area contributed by atoms with Crippen LogP contribution in [0.3, 0.4) is 0 Å². The highest BCUT2D eigenvalue weighted by molar-refractivity contribution is 5.73. The van der Waals surface area contributed by atoms with E-state index in [1.165, 1.54) is 12.7 Å². The third kappa shape index (κ3) is 2.83. The van der Waals surface area contributed by atoms with E-state index >= 15 is 0 Å². The quantitative estimate of drug-likeness (QED) is 0.850. The van der Waals surface area contributed by atoms with Crippen molar-refractivity contribution in [3.63, 3.8) is 0 Å². The van der Waals surface area contributed by atoms with Crippen molar-refractivity contribution >= 4 is 5.97 Å². The van der Waals surface area contributed by atoms with Gasteiger partial charge in [-0.2, -0.15) is 0 Å². The zero-order valence-corrected chi connectivity index (χ0v) is 10.2. The Hall–Kier alpha value is -1.35. The van der Waals surface area contributed by atoms with Crippen LogP contribution in [0.5, 0.6) is 0 Å². The predicted molar refractivity (Wildman–Crippen MR) is 62.8 cm³/mol. The van der Waals surface area contributed by atoms with Gasteiger partial charge in [0.2, 0.25) is 0 Å². The molecule has 0 radical (unpaired) electrons. The predicted octanol–water partition coefficient (Wildman–Crippen LogP) is 2.25. The Morgan fingerprint density at radius 1 is 1.31 bits per heavy atom. The van der Waals surface area contributed by atoms with Gasteiger partial charge in [0.05, 0.1) is 0 Å². The summed E-state index contributed by atoms with van der Waals surface area (Å²) in [7, 11) is 1.43. The molecule has 1 unspecified atom stereocenters. The third-order valence-corrected chi connectivity index (χ3v) is 2.79. The van der Waals surface area contributed by atoms with E-state index < -0.39 is 12.1 Å². The van der Waals surface area contributed by atoms with Crippen LogP contribution in [0, 0.1) is 20.8 Å². The molecule has 1 rings (SSSR count). The van der Waals surface area contributed by atoms with Crippen LogP contribution in [0.2, 0.25) is 0 Å². The fourth-order valence-corrected chi connectivity index (χ4v) is 1.99. The van der Waals surface area contributed by atoms with E-state index in [0.29, 0.717) is 6.42 Å². The number of methoxy groups -OCH3 is 1. The first kappa shape index (κ1) is 12.7. The highest BCUT2D eigenvalue weighted by atomic mass is 16.5. The molecule has 0 aliphatic carbocycles. The van der Waals surface area contributed by atoms with Crippen LogP contribution in [0.25, 0.3) is 0 Å². The normalized spacial score (nSPS) is 12.5. The number of carbonyl (C=O) groups is 1. The van der Waals surface area contributed by atoms with Gasteiger partial charge in [-0.1, -0.05) is 17.7 Å². The number of hydrogen-bond acceptors (Lipinski definition) is 2. The molecular weight excluding hydrogens is 204 g/mol. The number of benzene rings is 1. The summed E-state index contributed by atoms with van der Waals surface area (Å²) in [6.45, 7) is 6.04. The van der Waals surface area contributed by atoms with Gasteiger partial charge in [0.1, 0.15) is 0 Å². The topological polar surface area (TPSA) is 46.5 Å². The second-order valence-corrected chi connectivity index (χ2v) is 4.14. The van der Waals surface area contributed by atoms with Crippen LogP contribution in [-0.2, 0) is 16.0 Å². The molecule has 0 saturated carbocycles. The van der Waals surface area contributed by atoms with Gasteiger partial charge in [-0.25, -0.2) is 4.79 Å². The number of hydrogen-bond donors (Lipinski definition) is 1. The number of rotatable bonds is 4. The molecule has 0 heterocycles. The number of carboxylic acid groups (broad SMARTS) is 1.